The average Bonchev–Trinajstić information content (AvgIpc) is 2.62. The lowest BCUT2D eigenvalue weighted by atomic mass is 10.1. The van der Waals surface area contributed by atoms with Crippen molar-refractivity contribution in [1.29, 1.82) is 0 Å². The van der Waals surface area contributed by atoms with Crippen LogP contribution in [0.25, 0.3) is 0 Å². The number of carboxylic acids is 1. The van der Waals surface area contributed by atoms with Crippen LogP contribution in [0.5, 0.6) is 0 Å². The van der Waals surface area contributed by atoms with Crippen LogP contribution in [0.15, 0.2) is 0 Å². The molecule has 0 radical (unpaired) electrons. The second kappa shape index (κ2) is 6.94. The maximum Gasteiger partial charge on any atom is 0.411 e. The largest absolute Gasteiger partial charge is 0.481 e. The molecule has 0 amide bonds. The summed E-state index contributed by atoms with van der Waals surface area (Å²) in [6, 6.07) is 0.0186. The van der Waals surface area contributed by atoms with Gasteiger partial charge in [-0.3, -0.25) is 9.69 Å². The van der Waals surface area contributed by atoms with Crippen molar-refractivity contribution in [1.82, 2.24) is 4.90 Å². The number of ether oxygens (including phenoxy) is 1. The topological polar surface area (TPSA) is 49.8 Å². The first-order valence-electron chi connectivity index (χ1n) is 5.99. The monoisotopic (exact) mass is 269 g/mol. The summed E-state index contributed by atoms with van der Waals surface area (Å²) >= 11 is 0. The lowest BCUT2D eigenvalue weighted by Crippen LogP contribution is -2.32. The van der Waals surface area contributed by atoms with Crippen LogP contribution < -0.4 is 0 Å². The van der Waals surface area contributed by atoms with Crippen LogP contribution in [0.1, 0.15) is 25.7 Å². The standard InChI is InChI=1S/C11H18F3NO3/c12-11(13,14)8-18-6-2-5-15-4-1-3-9(15)7-10(16)17/h9H,1-8H2,(H,16,17). The minimum atomic E-state index is -4.28. The fourth-order valence-corrected chi connectivity index (χ4v) is 2.18. The highest BCUT2D eigenvalue weighted by Crippen LogP contribution is 2.20. The number of halogens is 3. The molecule has 1 rings (SSSR count). The lowest BCUT2D eigenvalue weighted by molar-refractivity contribution is -0.174. The van der Waals surface area contributed by atoms with Gasteiger partial charge < -0.3 is 9.84 Å². The van der Waals surface area contributed by atoms with Crippen LogP contribution in [-0.2, 0) is 9.53 Å². The first kappa shape index (κ1) is 15.2. The SMILES string of the molecule is O=C(O)CC1CCCN1CCCOCC(F)(F)F. The quantitative estimate of drug-likeness (QED) is 0.717. The molecule has 0 aromatic carbocycles. The molecule has 0 spiro atoms. The molecule has 1 aliphatic rings. The van der Waals surface area contributed by atoms with Crippen molar-refractivity contribution < 1.29 is 27.8 Å². The van der Waals surface area contributed by atoms with Crippen molar-refractivity contribution >= 4 is 5.97 Å². The minimum Gasteiger partial charge on any atom is -0.481 e. The number of hydrogen-bond acceptors (Lipinski definition) is 3. The average molecular weight is 269 g/mol. The van der Waals surface area contributed by atoms with Gasteiger partial charge in [0.2, 0.25) is 0 Å². The van der Waals surface area contributed by atoms with Crippen LogP contribution >= 0.6 is 0 Å². The minimum absolute atomic E-state index is 0.0186. The molecule has 0 aromatic heterocycles. The molecular formula is C11H18F3NO3. The van der Waals surface area contributed by atoms with E-state index in [-0.39, 0.29) is 19.1 Å². The number of carbonyl (C=O) groups is 1. The highest BCUT2D eigenvalue weighted by molar-refractivity contribution is 5.67. The Morgan fingerprint density at radius 2 is 2.17 bits per heavy atom. The zero-order valence-electron chi connectivity index (χ0n) is 10.1. The number of nitrogens with zero attached hydrogens (tertiary/aromatic N) is 1. The van der Waals surface area contributed by atoms with Crippen LogP contribution in [0.4, 0.5) is 13.2 Å². The van der Waals surface area contributed by atoms with Crippen LogP contribution in [0.2, 0.25) is 0 Å². The van der Waals surface area contributed by atoms with Crippen LogP contribution in [0, 0.1) is 0 Å². The molecule has 18 heavy (non-hydrogen) atoms. The van der Waals surface area contributed by atoms with E-state index in [0.717, 1.165) is 19.4 Å². The third kappa shape index (κ3) is 6.20. The van der Waals surface area contributed by atoms with Gasteiger partial charge in [-0.2, -0.15) is 13.2 Å². The van der Waals surface area contributed by atoms with Gasteiger partial charge in [-0.15, -0.1) is 0 Å². The number of hydrogen-bond donors (Lipinski definition) is 1. The van der Waals surface area contributed by atoms with Crippen molar-refractivity contribution in [2.45, 2.75) is 37.9 Å². The van der Waals surface area contributed by atoms with E-state index < -0.39 is 18.8 Å². The first-order chi connectivity index (χ1) is 8.38. The van der Waals surface area contributed by atoms with Crippen molar-refractivity contribution in [3.63, 3.8) is 0 Å². The Balaban J connectivity index is 2.13. The van der Waals surface area contributed by atoms with Crippen molar-refractivity contribution in [2.75, 3.05) is 26.3 Å². The Hall–Kier alpha value is -0.820. The molecule has 1 heterocycles. The van der Waals surface area contributed by atoms with E-state index in [1.165, 1.54) is 0 Å². The van der Waals surface area contributed by atoms with E-state index >= 15 is 0 Å². The van der Waals surface area contributed by atoms with Gasteiger partial charge >= 0.3 is 12.1 Å². The van der Waals surface area contributed by atoms with E-state index in [1.54, 1.807) is 0 Å². The summed E-state index contributed by atoms with van der Waals surface area (Å²) in [6.07, 6.45) is -1.90. The summed E-state index contributed by atoms with van der Waals surface area (Å²) in [4.78, 5) is 12.6. The first-order valence-corrected chi connectivity index (χ1v) is 5.99. The molecule has 1 unspecified atom stereocenters. The van der Waals surface area contributed by atoms with Crippen molar-refractivity contribution in [3.8, 4) is 0 Å². The predicted molar refractivity (Wildman–Crippen MR) is 58.3 cm³/mol. The number of alkyl halides is 3. The smallest absolute Gasteiger partial charge is 0.411 e. The van der Waals surface area contributed by atoms with Gasteiger partial charge in [-0.25, -0.2) is 0 Å². The Morgan fingerprint density at radius 1 is 1.44 bits per heavy atom. The summed E-state index contributed by atoms with van der Waals surface area (Å²) in [6.45, 7) is 0.244. The summed E-state index contributed by atoms with van der Waals surface area (Å²) in [5.41, 5.74) is 0. The van der Waals surface area contributed by atoms with Gasteiger partial charge in [0, 0.05) is 19.2 Å². The fraction of sp³-hybridized carbons (Fsp3) is 0.909. The molecule has 0 bridgehead atoms. The van der Waals surface area contributed by atoms with Crippen molar-refractivity contribution in [3.05, 3.63) is 0 Å². The molecule has 1 saturated heterocycles. The van der Waals surface area contributed by atoms with Crippen molar-refractivity contribution in [2.24, 2.45) is 0 Å². The highest BCUT2D eigenvalue weighted by Gasteiger charge is 2.28. The van der Waals surface area contributed by atoms with Gasteiger partial charge in [-0.05, 0) is 25.8 Å². The molecule has 1 N–H and O–H groups in total. The van der Waals surface area contributed by atoms with E-state index in [2.05, 4.69) is 4.74 Å². The van der Waals surface area contributed by atoms with Crippen LogP contribution in [-0.4, -0.2) is 54.5 Å². The second-order valence-corrected chi connectivity index (χ2v) is 4.45. The molecule has 4 nitrogen and oxygen atoms in total. The van der Waals surface area contributed by atoms with E-state index in [4.69, 9.17) is 5.11 Å². The molecule has 0 aliphatic carbocycles. The number of carboxylic acid groups (broad SMARTS) is 1. The van der Waals surface area contributed by atoms with Gasteiger partial charge in [0.15, 0.2) is 0 Å². The summed E-state index contributed by atoms with van der Waals surface area (Å²) in [7, 11) is 0. The Labute approximate surface area is 104 Å². The van der Waals surface area contributed by atoms with E-state index in [9.17, 15) is 18.0 Å². The predicted octanol–water partition coefficient (Wildman–Crippen LogP) is 1.89. The summed E-state index contributed by atoms with van der Waals surface area (Å²) in [5.74, 6) is -0.833. The highest BCUT2D eigenvalue weighted by atomic mass is 19.4. The molecule has 1 fully saturated rings. The third-order valence-corrected chi connectivity index (χ3v) is 2.91. The van der Waals surface area contributed by atoms with E-state index in [1.807, 2.05) is 4.90 Å². The Morgan fingerprint density at radius 3 is 2.78 bits per heavy atom. The van der Waals surface area contributed by atoms with Gasteiger partial charge in [-0.1, -0.05) is 0 Å². The number of likely N-dealkylation sites (tertiary alicyclic amines) is 1. The molecule has 0 aromatic rings. The third-order valence-electron chi connectivity index (χ3n) is 2.91. The zero-order valence-corrected chi connectivity index (χ0v) is 10.1. The molecular weight excluding hydrogens is 251 g/mol. The normalized spacial score (nSPS) is 21.4. The molecule has 1 atom stereocenters. The second-order valence-electron chi connectivity index (χ2n) is 4.45. The molecule has 106 valence electrons. The van der Waals surface area contributed by atoms with Gasteiger partial charge in [0.1, 0.15) is 6.61 Å². The fourth-order valence-electron chi connectivity index (χ4n) is 2.18. The molecule has 0 saturated carbocycles. The Bertz CT molecular complexity index is 271. The van der Waals surface area contributed by atoms with Gasteiger partial charge in [0.05, 0.1) is 6.42 Å². The Kier molecular flexibility index (Phi) is 5.87. The maximum absolute atomic E-state index is 11.8. The summed E-state index contributed by atoms with van der Waals surface area (Å²) < 4.78 is 39.9. The molecule has 7 heteroatoms. The van der Waals surface area contributed by atoms with Gasteiger partial charge in [0.25, 0.3) is 0 Å². The number of aliphatic carboxylic acids is 1. The maximum atomic E-state index is 11.8. The number of rotatable bonds is 7. The lowest BCUT2D eigenvalue weighted by Gasteiger charge is -2.22. The zero-order chi connectivity index (χ0) is 13.6. The molecule has 1 aliphatic heterocycles. The van der Waals surface area contributed by atoms with Crippen LogP contribution in [0.3, 0.4) is 0 Å². The van der Waals surface area contributed by atoms with E-state index in [0.29, 0.717) is 13.0 Å². The summed E-state index contributed by atoms with van der Waals surface area (Å²) in [5, 5.41) is 8.71.